The minimum absolute atomic E-state index is 0.0183. The van der Waals surface area contributed by atoms with Gasteiger partial charge in [0, 0.05) is 25.0 Å². The minimum atomic E-state index is -0.175. The number of fused-ring (bicyclic) bond motifs is 1. The monoisotopic (exact) mass is 252 g/mol. The Bertz CT molecular complexity index is 334. The van der Waals surface area contributed by atoms with E-state index in [-0.39, 0.29) is 18.1 Å². The highest BCUT2D eigenvalue weighted by molar-refractivity contribution is 5.82. The standard InChI is InChI=1S/C14H24N2O2/c1-9-3-2-4-12(15-9)14(18)16-7-10-5-6-13(17)11(10)8-16/h9-13,15,17H,2-8H2,1H3. The van der Waals surface area contributed by atoms with E-state index in [1.807, 2.05) is 4.90 Å². The van der Waals surface area contributed by atoms with Crippen LogP contribution in [0.4, 0.5) is 0 Å². The number of aliphatic hydroxyl groups excluding tert-OH is 1. The molecule has 4 nitrogen and oxygen atoms in total. The maximum Gasteiger partial charge on any atom is 0.239 e. The van der Waals surface area contributed by atoms with Gasteiger partial charge in [0.15, 0.2) is 0 Å². The number of rotatable bonds is 1. The summed E-state index contributed by atoms with van der Waals surface area (Å²) >= 11 is 0. The molecule has 2 saturated heterocycles. The summed E-state index contributed by atoms with van der Waals surface area (Å²) in [6.45, 7) is 3.80. The summed E-state index contributed by atoms with van der Waals surface area (Å²) in [6.07, 6.45) is 5.13. The van der Waals surface area contributed by atoms with Crippen molar-refractivity contribution in [2.45, 2.75) is 57.2 Å². The van der Waals surface area contributed by atoms with E-state index >= 15 is 0 Å². The molecule has 5 atom stereocenters. The van der Waals surface area contributed by atoms with Crippen LogP contribution in [0.5, 0.6) is 0 Å². The van der Waals surface area contributed by atoms with Crippen LogP contribution in [-0.2, 0) is 4.79 Å². The average Bonchev–Trinajstić information content (AvgIpc) is 2.91. The second-order valence-corrected chi connectivity index (χ2v) is 6.36. The Labute approximate surface area is 109 Å². The minimum Gasteiger partial charge on any atom is -0.393 e. The molecule has 4 heteroatoms. The van der Waals surface area contributed by atoms with Crippen LogP contribution in [0.3, 0.4) is 0 Å². The van der Waals surface area contributed by atoms with Gasteiger partial charge in [0.2, 0.25) is 5.91 Å². The molecule has 1 saturated carbocycles. The molecule has 0 radical (unpaired) electrons. The Kier molecular flexibility index (Phi) is 3.32. The molecule has 3 fully saturated rings. The van der Waals surface area contributed by atoms with Gasteiger partial charge in [-0.3, -0.25) is 4.79 Å². The molecule has 5 unspecified atom stereocenters. The van der Waals surface area contributed by atoms with Crippen molar-refractivity contribution in [1.29, 1.82) is 0 Å². The molecule has 0 aromatic carbocycles. The molecule has 2 heterocycles. The number of carbonyl (C=O) groups is 1. The van der Waals surface area contributed by atoms with Gasteiger partial charge < -0.3 is 15.3 Å². The van der Waals surface area contributed by atoms with E-state index in [9.17, 15) is 9.90 Å². The van der Waals surface area contributed by atoms with Crippen LogP contribution in [0, 0.1) is 11.8 Å². The number of aliphatic hydroxyl groups is 1. The first-order valence-electron chi connectivity index (χ1n) is 7.38. The van der Waals surface area contributed by atoms with Gasteiger partial charge in [-0.15, -0.1) is 0 Å². The summed E-state index contributed by atoms with van der Waals surface area (Å²) in [4.78, 5) is 14.5. The molecule has 2 aliphatic heterocycles. The lowest BCUT2D eigenvalue weighted by Crippen LogP contribution is -2.51. The fraction of sp³-hybridized carbons (Fsp3) is 0.929. The summed E-state index contributed by atoms with van der Waals surface area (Å²) in [7, 11) is 0. The Morgan fingerprint density at radius 3 is 2.78 bits per heavy atom. The SMILES string of the molecule is CC1CCCC(C(=O)N2CC3CCC(O)C3C2)N1. The number of nitrogens with one attached hydrogen (secondary N) is 1. The Morgan fingerprint density at radius 2 is 2.06 bits per heavy atom. The lowest BCUT2D eigenvalue weighted by atomic mass is 9.98. The summed E-state index contributed by atoms with van der Waals surface area (Å²) < 4.78 is 0. The molecule has 102 valence electrons. The van der Waals surface area contributed by atoms with Gasteiger partial charge in [0.25, 0.3) is 0 Å². The lowest BCUT2D eigenvalue weighted by Gasteiger charge is -2.31. The maximum absolute atomic E-state index is 12.5. The smallest absolute Gasteiger partial charge is 0.239 e. The van der Waals surface area contributed by atoms with Crippen molar-refractivity contribution in [3.05, 3.63) is 0 Å². The third kappa shape index (κ3) is 2.16. The lowest BCUT2D eigenvalue weighted by molar-refractivity contribution is -0.133. The Balaban J connectivity index is 1.60. The molecule has 2 N–H and O–H groups in total. The van der Waals surface area contributed by atoms with Crippen molar-refractivity contribution >= 4 is 5.91 Å². The van der Waals surface area contributed by atoms with Crippen LogP contribution < -0.4 is 5.32 Å². The first-order valence-corrected chi connectivity index (χ1v) is 7.38. The first kappa shape index (κ1) is 12.4. The molecule has 1 amide bonds. The van der Waals surface area contributed by atoms with Gasteiger partial charge >= 0.3 is 0 Å². The zero-order valence-electron chi connectivity index (χ0n) is 11.1. The van der Waals surface area contributed by atoms with Crippen LogP contribution >= 0.6 is 0 Å². The van der Waals surface area contributed by atoms with Crippen molar-refractivity contribution in [2.24, 2.45) is 11.8 Å². The van der Waals surface area contributed by atoms with Crippen molar-refractivity contribution in [3.8, 4) is 0 Å². The number of carbonyl (C=O) groups excluding carboxylic acids is 1. The summed E-state index contributed by atoms with van der Waals surface area (Å²) in [5.41, 5.74) is 0. The van der Waals surface area contributed by atoms with E-state index in [0.29, 0.717) is 17.9 Å². The topological polar surface area (TPSA) is 52.6 Å². The van der Waals surface area contributed by atoms with Crippen LogP contribution in [-0.4, -0.2) is 47.2 Å². The van der Waals surface area contributed by atoms with Crippen molar-refractivity contribution in [1.82, 2.24) is 10.2 Å². The van der Waals surface area contributed by atoms with Gasteiger partial charge in [-0.2, -0.15) is 0 Å². The highest BCUT2D eigenvalue weighted by atomic mass is 16.3. The molecular formula is C14H24N2O2. The zero-order valence-corrected chi connectivity index (χ0v) is 11.1. The van der Waals surface area contributed by atoms with Crippen LogP contribution in [0.15, 0.2) is 0 Å². The van der Waals surface area contributed by atoms with Crippen molar-refractivity contribution in [3.63, 3.8) is 0 Å². The largest absolute Gasteiger partial charge is 0.393 e. The quantitative estimate of drug-likeness (QED) is 0.724. The molecule has 18 heavy (non-hydrogen) atoms. The Hall–Kier alpha value is -0.610. The molecule has 0 spiro atoms. The molecule has 3 aliphatic rings. The molecular weight excluding hydrogens is 228 g/mol. The Morgan fingerprint density at radius 1 is 1.22 bits per heavy atom. The third-order valence-corrected chi connectivity index (χ3v) is 5.04. The summed E-state index contributed by atoms with van der Waals surface area (Å²) in [5.74, 6) is 1.16. The number of piperidine rings is 1. The van der Waals surface area contributed by atoms with Crippen LogP contribution in [0.1, 0.15) is 39.0 Å². The van der Waals surface area contributed by atoms with Crippen LogP contribution in [0.25, 0.3) is 0 Å². The van der Waals surface area contributed by atoms with Gasteiger partial charge in [-0.25, -0.2) is 0 Å². The predicted molar refractivity (Wildman–Crippen MR) is 69.0 cm³/mol. The summed E-state index contributed by atoms with van der Waals surface area (Å²) in [6, 6.07) is 0.477. The molecule has 3 rings (SSSR count). The van der Waals surface area contributed by atoms with E-state index in [4.69, 9.17) is 0 Å². The fourth-order valence-corrected chi connectivity index (χ4v) is 3.97. The third-order valence-electron chi connectivity index (χ3n) is 5.04. The number of likely N-dealkylation sites (tertiary alicyclic amines) is 1. The van der Waals surface area contributed by atoms with Gasteiger partial charge in [0.05, 0.1) is 12.1 Å². The summed E-state index contributed by atoms with van der Waals surface area (Å²) in [5, 5.41) is 13.3. The maximum atomic E-state index is 12.5. The van der Waals surface area contributed by atoms with E-state index in [0.717, 1.165) is 38.8 Å². The number of nitrogens with zero attached hydrogens (tertiary/aromatic N) is 1. The second-order valence-electron chi connectivity index (χ2n) is 6.36. The molecule has 0 aromatic heterocycles. The fourth-order valence-electron chi connectivity index (χ4n) is 3.97. The zero-order chi connectivity index (χ0) is 12.7. The highest BCUT2D eigenvalue weighted by Crippen LogP contribution is 2.38. The van der Waals surface area contributed by atoms with Crippen LogP contribution in [0.2, 0.25) is 0 Å². The van der Waals surface area contributed by atoms with E-state index in [1.165, 1.54) is 6.42 Å². The van der Waals surface area contributed by atoms with Gasteiger partial charge in [0.1, 0.15) is 0 Å². The molecule has 0 bridgehead atoms. The van der Waals surface area contributed by atoms with E-state index in [1.54, 1.807) is 0 Å². The number of hydrogen-bond donors (Lipinski definition) is 2. The normalized spacial score (nSPS) is 44.1. The average molecular weight is 252 g/mol. The predicted octanol–water partition coefficient (Wildman–Crippen LogP) is 0.746. The number of hydrogen-bond acceptors (Lipinski definition) is 3. The van der Waals surface area contributed by atoms with E-state index < -0.39 is 0 Å². The van der Waals surface area contributed by atoms with Crippen molar-refractivity contribution in [2.75, 3.05) is 13.1 Å². The first-order chi connectivity index (χ1) is 8.65. The second kappa shape index (κ2) is 4.82. The van der Waals surface area contributed by atoms with E-state index in [2.05, 4.69) is 12.2 Å². The van der Waals surface area contributed by atoms with Crippen molar-refractivity contribution < 1.29 is 9.90 Å². The highest BCUT2D eigenvalue weighted by Gasteiger charge is 2.44. The molecule has 0 aromatic rings. The number of amides is 1. The van der Waals surface area contributed by atoms with Gasteiger partial charge in [-0.05, 0) is 44.9 Å². The molecule has 1 aliphatic carbocycles. The van der Waals surface area contributed by atoms with Gasteiger partial charge in [-0.1, -0.05) is 0 Å².